The van der Waals surface area contributed by atoms with E-state index in [1.54, 1.807) is 36.5 Å². The number of hydrogen-bond donors (Lipinski definition) is 1. The van der Waals surface area contributed by atoms with Crippen molar-refractivity contribution < 1.29 is 13.6 Å². The summed E-state index contributed by atoms with van der Waals surface area (Å²) in [5.41, 5.74) is 1.23. The summed E-state index contributed by atoms with van der Waals surface area (Å²) in [6.45, 7) is 1.99. The molecule has 2 aromatic heterocycles. The van der Waals surface area contributed by atoms with Crippen LogP contribution in [-0.4, -0.2) is 31.0 Å². The number of carbonyl (C=O) groups excluding carboxylic acids is 1. The fourth-order valence-corrected chi connectivity index (χ4v) is 3.82. The number of alkyl halides is 2. The minimum Gasteiger partial charge on any atom is -0.309 e. The molecular weight excluding hydrogens is 372 g/mol. The molecule has 1 unspecified atom stereocenters. The first-order valence-corrected chi connectivity index (χ1v) is 9.64. The zero-order valence-corrected chi connectivity index (χ0v) is 15.5. The summed E-state index contributed by atoms with van der Waals surface area (Å²) in [6.07, 6.45) is 3.99. The Bertz CT molecular complexity index is 966. The number of hydrogen-bond acceptors (Lipinski definition) is 4. The number of nitrogens with one attached hydrogen (secondary N) is 1. The Balaban J connectivity index is 1.55. The van der Waals surface area contributed by atoms with Gasteiger partial charge in [0.2, 0.25) is 5.91 Å². The molecule has 142 valence electrons. The van der Waals surface area contributed by atoms with Crippen molar-refractivity contribution in [3.63, 3.8) is 0 Å². The molecule has 1 aliphatic carbocycles. The molecule has 9 heteroatoms. The van der Waals surface area contributed by atoms with E-state index in [-0.39, 0.29) is 23.7 Å². The van der Waals surface area contributed by atoms with Crippen LogP contribution in [0.3, 0.4) is 0 Å². The predicted octanol–water partition coefficient (Wildman–Crippen LogP) is 4.16. The number of thioether (sulfide) groups is 1. The third kappa shape index (κ3) is 3.83. The minimum atomic E-state index is -2.61. The summed E-state index contributed by atoms with van der Waals surface area (Å²) >= 11 is 0.342. The van der Waals surface area contributed by atoms with Crippen molar-refractivity contribution in [2.45, 2.75) is 43.3 Å². The van der Waals surface area contributed by atoms with E-state index < -0.39 is 5.76 Å². The maximum Gasteiger partial charge on any atom is 0.291 e. The molecule has 6 nitrogen and oxygen atoms in total. The molecule has 1 amide bonds. The molecule has 3 aromatic rings. The summed E-state index contributed by atoms with van der Waals surface area (Å²) in [4.78, 5) is 16.9. The van der Waals surface area contributed by atoms with Gasteiger partial charge in [0.05, 0.1) is 23.3 Å². The highest BCUT2D eigenvalue weighted by Gasteiger charge is 2.30. The maximum absolute atomic E-state index is 12.9. The Morgan fingerprint density at radius 2 is 2.11 bits per heavy atom. The Morgan fingerprint density at radius 1 is 1.33 bits per heavy atom. The first-order chi connectivity index (χ1) is 13.0. The highest BCUT2D eigenvalue weighted by molar-refractivity contribution is 7.99. The third-order valence-corrected chi connectivity index (χ3v) is 5.44. The smallest absolute Gasteiger partial charge is 0.291 e. The number of para-hydroxylation sites is 2. The van der Waals surface area contributed by atoms with Crippen molar-refractivity contribution in [1.82, 2.24) is 19.3 Å². The first kappa shape index (κ1) is 18.0. The third-order valence-electron chi connectivity index (χ3n) is 4.74. The van der Waals surface area contributed by atoms with Crippen molar-refractivity contribution in [2.75, 3.05) is 5.32 Å². The quantitative estimate of drug-likeness (QED) is 0.615. The lowest BCUT2D eigenvalue weighted by Crippen LogP contribution is -2.22. The Morgan fingerprint density at radius 3 is 2.85 bits per heavy atom. The van der Waals surface area contributed by atoms with Crippen LogP contribution in [0.25, 0.3) is 11.0 Å². The number of halogens is 2. The summed E-state index contributed by atoms with van der Waals surface area (Å²) in [6, 6.07) is 9.05. The van der Waals surface area contributed by atoms with E-state index in [1.807, 2.05) is 4.68 Å². The number of nitrogens with zero attached hydrogens (tertiary/aromatic N) is 4. The molecule has 1 aliphatic rings. The second-order valence-corrected chi connectivity index (χ2v) is 7.59. The molecule has 1 saturated carbocycles. The lowest BCUT2D eigenvalue weighted by Gasteiger charge is -2.16. The summed E-state index contributed by atoms with van der Waals surface area (Å²) in [7, 11) is 0. The molecule has 0 bridgehead atoms. The molecular formula is C18H19F2N5OS. The number of imidazole rings is 1. The topological polar surface area (TPSA) is 64.7 Å². The van der Waals surface area contributed by atoms with Crippen LogP contribution in [0.1, 0.15) is 25.8 Å². The van der Waals surface area contributed by atoms with Gasteiger partial charge in [0, 0.05) is 6.07 Å². The standard InChI is InChI=1S/C18H19F2N5OS/c1-11(12-6-7-12)25-15(8-9-21-25)23-16(26)10-24-14-5-3-2-4-13(14)22-18(24)27-17(19)20/h2-5,8-9,11-12,17H,6-7,10H2,1H3,(H,23,26). The van der Waals surface area contributed by atoms with Crippen LogP contribution in [0.4, 0.5) is 14.6 Å². The van der Waals surface area contributed by atoms with Crippen LogP contribution >= 0.6 is 11.8 Å². The van der Waals surface area contributed by atoms with Gasteiger partial charge in [0.25, 0.3) is 5.76 Å². The number of anilines is 1. The number of carbonyl (C=O) groups is 1. The average molecular weight is 391 g/mol. The van der Waals surface area contributed by atoms with Gasteiger partial charge in [-0.1, -0.05) is 12.1 Å². The van der Waals surface area contributed by atoms with Crippen LogP contribution < -0.4 is 5.32 Å². The monoisotopic (exact) mass is 391 g/mol. The summed E-state index contributed by atoms with van der Waals surface area (Å²) < 4.78 is 29.1. The van der Waals surface area contributed by atoms with Crippen molar-refractivity contribution in [3.8, 4) is 0 Å². The molecule has 0 spiro atoms. The van der Waals surface area contributed by atoms with Gasteiger partial charge in [-0.2, -0.15) is 13.9 Å². The summed E-state index contributed by atoms with van der Waals surface area (Å²) in [5.74, 6) is -1.71. The number of amides is 1. The molecule has 1 N–H and O–H groups in total. The minimum absolute atomic E-state index is 0.0987. The maximum atomic E-state index is 12.9. The highest BCUT2D eigenvalue weighted by atomic mass is 32.2. The fraction of sp³-hybridized carbons (Fsp3) is 0.389. The van der Waals surface area contributed by atoms with E-state index in [4.69, 9.17) is 0 Å². The van der Waals surface area contributed by atoms with Crippen molar-refractivity contribution in [1.29, 1.82) is 0 Å². The molecule has 4 rings (SSSR count). The molecule has 0 aliphatic heterocycles. The second kappa shape index (κ2) is 7.30. The van der Waals surface area contributed by atoms with E-state index in [9.17, 15) is 13.6 Å². The number of fused-ring (bicyclic) bond motifs is 1. The second-order valence-electron chi connectivity index (χ2n) is 6.63. The number of benzene rings is 1. The highest BCUT2D eigenvalue weighted by Crippen LogP contribution is 2.40. The molecule has 0 radical (unpaired) electrons. The van der Waals surface area contributed by atoms with Crippen molar-refractivity contribution in [2.24, 2.45) is 5.92 Å². The van der Waals surface area contributed by atoms with E-state index in [1.165, 1.54) is 17.4 Å². The van der Waals surface area contributed by atoms with Crippen LogP contribution in [0.15, 0.2) is 41.7 Å². The lowest BCUT2D eigenvalue weighted by atomic mass is 10.2. The number of rotatable bonds is 7. The Hall–Kier alpha value is -2.42. The Kier molecular flexibility index (Phi) is 4.86. The first-order valence-electron chi connectivity index (χ1n) is 8.76. The average Bonchev–Trinajstić information content (AvgIpc) is 3.30. The van der Waals surface area contributed by atoms with Gasteiger partial charge in [-0.25, -0.2) is 9.67 Å². The molecule has 1 fully saturated rings. The zero-order valence-electron chi connectivity index (χ0n) is 14.7. The molecule has 27 heavy (non-hydrogen) atoms. The van der Waals surface area contributed by atoms with Gasteiger partial charge >= 0.3 is 0 Å². The fourth-order valence-electron chi connectivity index (χ4n) is 3.22. The van der Waals surface area contributed by atoms with Gasteiger partial charge < -0.3 is 9.88 Å². The summed E-state index contributed by atoms with van der Waals surface area (Å²) in [5, 5.41) is 7.29. The molecule has 1 atom stereocenters. The van der Waals surface area contributed by atoms with Gasteiger partial charge in [0.1, 0.15) is 12.4 Å². The van der Waals surface area contributed by atoms with Crippen molar-refractivity contribution in [3.05, 3.63) is 36.5 Å². The molecule has 2 heterocycles. The number of aromatic nitrogens is 4. The van der Waals surface area contributed by atoms with Crippen LogP contribution in [0.5, 0.6) is 0 Å². The van der Waals surface area contributed by atoms with Gasteiger partial charge in [0.15, 0.2) is 5.16 Å². The Labute approximate surface area is 158 Å². The van der Waals surface area contributed by atoms with E-state index >= 15 is 0 Å². The van der Waals surface area contributed by atoms with Crippen LogP contribution in [0.2, 0.25) is 0 Å². The lowest BCUT2D eigenvalue weighted by molar-refractivity contribution is -0.116. The SMILES string of the molecule is CC(C1CC1)n1nccc1NC(=O)Cn1c(SC(F)F)nc2ccccc21. The molecule has 1 aromatic carbocycles. The van der Waals surface area contributed by atoms with Gasteiger partial charge in [-0.15, -0.1) is 0 Å². The van der Waals surface area contributed by atoms with Gasteiger partial charge in [-0.3, -0.25) is 4.79 Å². The van der Waals surface area contributed by atoms with E-state index in [2.05, 4.69) is 22.3 Å². The van der Waals surface area contributed by atoms with Crippen LogP contribution in [0, 0.1) is 5.92 Å². The van der Waals surface area contributed by atoms with E-state index in [0.717, 1.165) is 0 Å². The zero-order chi connectivity index (χ0) is 19.0. The van der Waals surface area contributed by atoms with Gasteiger partial charge in [-0.05, 0) is 49.6 Å². The largest absolute Gasteiger partial charge is 0.309 e. The van der Waals surface area contributed by atoms with E-state index in [0.29, 0.717) is 34.5 Å². The predicted molar refractivity (Wildman–Crippen MR) is 99.9 cm³/mol. The normalized spacial score (nSPS) is 15.4. The molecule has 0 saturated heterocycles. The van der Waals surface area contributed by atoms with Crippen LogP contribution in [-0.2, 0) is 11.3 Å². The van der Waals surface area contributed by atoms with Crippen molar-refractivity contribution >= 4 is 34.5 Å².